The Kier molecular flexibility index (Phi) is 17.9. The van der Waals surface area contributed by atoms with Crippen molar-refractivity contribution in [3.63, 3.8) is 0 Å². The van der Waals surface area contributed by atoms with Crippen LogP contribution in [0.15, 0.2) is 0 Å². The van der Waals surface area contributed by atoms with E-state index in [0.717, 1.165) is 44.1 Å². The van der Waals surface area contributed by atoms with Crippen molar-refractivity contribution in [2.24, 2.45) is 11.8 Å². The van der Waals surface area contributed by atoms with Gasteiger partial charge >= 0.3 is 0 Å². The summed E-state index contributed by atoms with van der Waals surface area (Å²) < 4.78 is 0. The number of unbranched alkanes of at least 4 members (excludes halogenated alkanes) is 6. The lowest BCUT2D eigenvalue weighted by Crippen LogP contribution is -2.23. The molecule has 2 unspecified atom stereocenters. The van der Waals surface area contributed by atoms with Gasteiger partial charge in [0.1, 0.15) is 0 Å². The standard InChI is InChI=1S/C23H47NO/c1-5-7-15-21(3)17-13-14-18-22(4)16-11-9-10-12-19-23(25)24-20-8-6-2/h21-22H,5-20H2,1-4H3,(H,24,25). The number of carbonyl (C=O) groups excluding carboxylic acids is 1. The Bertz CT molecular complexity index is 290. The van der Waals surface area contributed by atoms with E-state index in [1.807, 2.05) is 0 Å². The third-order valence-electron chi connectivity index (χ3n) is 5.40. The third kappa shape index (κ3) is 18.1. The van der Waals surface area contributed by atoms with Gasteiger partial charge in [0, 0.05) is 13.0 Å². The molecule has 0 aromatic carbocycles. The topological polar surface area (TPSA) is 29.1 Å². The van der Waals surface area contributed by atoms with E-state index in [4.69, 9.17) is 0 Å². The SMILES string of the molecule is CCCCNC(=O)CCCCCCC(C)CCCCC(C)CCCC. The van der Waals surface area contributed by atoms with Gasteiger partial charge in [0.25, 0.3) is 0 Å². The molecule has 0 aromatic heterocycles. The molecule has 0 saturated carbocycles. The molecule has 25 heavy (non-hydrogen) atoms. The highest BCUT2D eigenvalue weighted by Crippen LogP contribution is 2.20. The van der Waals surface area contributed by atoms with Crippen LogP contribution in [-0.2, 0) is 4.79 Å². The average molecular weight is 354 g/mol. The van der Waals surface area contributed by atoms with Gasteiger partial charge < -0.3 is 5.32 Å². The Morgan fingerprint density at radius 1 is 0.680 bits per heavy atom. The first-order valence-electron chi connectivity index (χ1n) is 11.4. The van der Waals surface area contributed by atoms with E-state index in [1.54, 1.807) is 0 Å². The van der Waals surface area contributed by atoms with Crippen molar-refractivity contribution in [3.05, 3.63) is 0 Å². The van der Waals surface area contributed by atoms with Crippen LogP contribution >= 0.6 is 0 Å². The van der Waals surface area contributed by atoms with Crippen molar-refractivity contribution >= 4 is 5.91 Å². The minimum atomic E-state index is 0.245. The van der Waals surface area contributed by atoms with Crippen molar-refractivity contribution in [1.82, 2.24) is 5.32 Å². The molecule has 1 N–H and O–H groups in total. The zero-order valence-corrected chi connectivity index (χ0v) is 17.9. The highest BCUT2D eigenvalue weighted by molar-refractivity contribution is 5.75. The van der Waals surface area contributed by atoms with E-state index in [0.29, 0.717) is 0 Å². The van der Waals surface area contributed by atoms with Crippen molar-refractivity contribution in [1.29, 1.82) is 0 Å². The summed E-state index contributed by atoms with van der Waals surface area (Å²) in [5, 5.41) is 3.00. The fourth-order valence-corrected chi connectivity index (χ4v) is 3.45. The molecular formula is C23H47NO. The van der Waals surface area contributed by atoms with Crippen LogP contribution in [0.5, 0.6) is 0 Å². The maximum absolute atomic E-state index is 11.6. The maximum atomic E-state index is 11.6. The van der Waals surface area contributed by atoms with E-state index in [1.165, 1.54) is 70.6 Å². The van der Waals surface area contributed by atoms with Crippen molar-refractivity contribution in [2.75, 3.05) is 6.54 Å². The average Bonchev–Trinajstić information content (AvgIpc) is 2.60. The second-order valence-corrected chi connectivity index (χ2v) is 8.29. The number of carbonyl (C=O) groups is 1. The number of hydrogen-bond donors (Lipinski definition) is 1. The fourth-order valence-electron chi connectivity index (χ4n) is 3.45. The lowest BCUT2D eigenvalue weighted by Gasteiger charge is -2.13. The van der Waals surface area contributed by atoms with Gasteiger partial charge in [0.05, 0.1) is 0 Å². The summed E-state index contributed by atoms with van der Waals surface area (Å²) in [7, 11) is 0. The molecule has 150 valence electrons. The number of rotatable bonds is 18. The second kappa shape index (κ2) is 18.3. The number of amides is 1. The van der Waals surface area contributed by atoms with Crippen LogP contribution in [0.1, 0.15) is 124 Å². The predicted octanol–water partition coefficient (Wildman–Crippen LogP) is 7.27. The van der Waals surface area contributed by atoms with Crippen LogP contribution in [-0.4, -0.2) is 12.5 Å². The van der Waals surface area contributed by atoms with E-state index in [9.17, 15) is 4.79 Å². The van der Waals surface area contributed by atoms with Crippen molar-refractivity contribution in [3.8, 4) is 0 Å². The summed E-state index contributed by atoms with van der Waals surface area (Å²) in [6, 6.07) is 0. The maximum Gasteiger partial charge on any atom is 0.219 e. The summed E-state index contributed by atoms with van der Waals surface area (Å²) in [5.74, 6) is 2.05. The van der Waals surface area contributed by atoms with Gasteiger partial charge in [-0.15, -0.1) is 0 Å². The summed E-state index contributed by atoms with van der Waals surface area (Å²) in [6.07, 6.45) is 19.1. The summed E-state index contributed by atoms with van der Waals surface area (Å²) in [6.45, 7) is 10.1. The predicted molar refractivity (Wildman–Crippen MR) is 112 cm³/mol. The summed E-state index contributed by atoms with van der Waals surface area (Å²) >= 11 is 0. The molecule has 1 amide bonds. The van der Waals surface area contributed by atoms with Crippen LogP contribution in [0.4, 0.5) is 0 Å². The van der Waals surface area contributed by atoms with Gasteiger partial charge in [0.15, 0.2) is 0 Å². The molecule has 0 spiro atoms. The highest BCUT2D eigenvalue weighted by Gasteiger charge is 2.05. The molecule has 0 aliphatic carbocycles. The van der Waals surface area contributed by atoms with Gasteiger partial charge in [-0.25, -0.2) is 0 Å². The Morgan fingerprint density at radius 3 is 1.72 bits per heavy atom. The van der Waals surface area contributed by atoms with E-state index >= 15 is 0 Å². The summed E-state index contributed by atoms with van der Waals surface area (Å²) in [4.78, 5) is 11.6. The normalized spacial score (nSPS) is 13.6. The molecule has 0 fully saturated rings. The van der Waals surface area contributed by atoms with E-state index < -0.39 is 0 Å². The Labute approximate surface area is 158 Å². The molecule has 0 saturated heterocycles. The second-order valence-electron chi connectivity index (χ2n) is 8.29. The van der Waals surface area contributed by atoms with Gasteiger partial charge in [-0.3, -0.25) is 4.79 Å². The minimum Gasteiger partial charge on any atom is -0.356 e. The van der Waals surface area contributed by atoms with Gasteiger partial charge in [-0.1, -0.05) is 105 Å². The highest BCUT2D eigenvalue weighted by atomic mass is 16.1. The number of nitrogens with one attached hydrogen (secondary N) is 1. The first-order valence-corrected chi connectivity index (χ1v) is 11.4. The Balaban J connectivity index is 3.35. The van der Waals surface area contributed by atoms with Crippen LogP contribution in [0, 0.1) is 11.8 Å². The van der Waals surface area contributed by atoms with Gasteiger partial charge in [-0.2, -0.15) is 0 Å². The molecular weight excluding hydrogens is 306 g/mol. The van der Waals surface area contributed by atoms with Crippen LogP contribution in [0.2, 0.25) is 0 Å². The lowest BCUT2D eigenvalue weighted by atomic mass is 9.93. The molecule has 0 aliphatic rings. The first kappa shape index (κ1) is 24.5. The van der Waals surface area contributed by atoms with E-state index in [-0.39, 0.29) is 5.91 Å². The molecule has 2 atom stereocenters. The fraction of sp³-hybridized carbons (Fsp3) is 0.957. The Hall–Kier alpha value is -0.530. The molecule has 0 heterocycles. The quantitative estimate of drug-likeness (QED) is 0.258. The molecule has 0 rings (SSSR count). The molecule has 0 radical (unpaired) electrons. The van der Waals surface area contributed by atoms with Crippen molar-refractivity contribution < 1.29 is 4.79 Å². The molecule has 2 nitrogen and oxygen atoms in total. The third-order valence-corrected chi connectivity index (χ3v) is 5.40. The molecule has 2 heteroatoms. The number of hydrogen-bond acceptors (Lipinski definition) is 1. The first-order chi connectivity index (χ1) is 12.1. The monoisotopic (exact) mass is 353 g/mol. The van der Waals surface area contributed by atoms with Crippen molar-refractivity contribution in [2.45, 2.75) is 124 Å². The molecule has 0 aromatic rings. The van der Waals surface area contributed by atoms with Crippen LogP contribution < -0.4 is 5.32 Å². The molecule has 0 aliphatic heterocycles. The minimum absolute atomic E-state index is 0.245. The zero-order chi connectivity index (χ0) is 18.8. The Morgan fingerprint density at radius 2 is 1.16 bits per heavy atom. The van der Waals surface area contributed by atoms with E-state index in [2.05, 4.69) is 33.0 Å². The van der Waals surface area contributed by atoms with Crippen LogP contribution in [0.3, 0.4) is 0 Å². The van der Waals surface area contributed by atoms with Crippen LogP contribution in [0.25, 0.3) is 0 Å². The smallest absolute Gasteiger partial charge is 0.219 e. The van der Waals surface area contributed by atoms with Gasteiger partial charge in [0.2, 0.25) is 5.91 Å². The lowest BCUT2D eigenvalue weighted by molar-refractivity contribution is -0.121. The summed E-state index contributed by atoms with van der Waals surface area (Å²) in [5.41, 5.74) is 0. The van der Waals surface area contributed by atoms with Gasteiger partial charge in [-0.05, 0) is 24.7 Å². The molecule has 0 bridgehead atoms. The largest absolute Gasteiger partial charge is 0.356 e. The zero-order valence-electron chi connectivity index (χ0n) is 17.9.